The Balaban J connectivity index is 1.86. The Kier molecular flexibility index (Phi) is 5.00. The normalized spacial score (nSPS) is 16.1. The van der Waals surface area contributed by atoms with Crippen molar-refractivity contribution < 1.29 is 9.53 Å². The molecule has 0 saturated carbocycles. The van der Waals surface area contributed by atoms with E-state index in [9.17, 15) is 4.79 Å². The predicted octanol–water partition coefficient (Wildman–Crippen LogP) is 2.47. The summed E-state index contributed by atoms with van der Waals surface area (Å²) in [5.74, 6) is 0.733. The van der Waals surface area contributed by atoms with E-state index in [-0.39, 0.29) is 17.4 Å². The Labute approximate surface area is 123 Å². The second-order valence-corrected chi connectivity index (χ2v) is 5.11. The zero-order valence-electron chi connectivity index (χ0n) is 11.7. The number of anilines is 1. The Morgan fingerprint density at radius 3 is 2.80 bits per heavy atom. The third-order valence-electron chi connectivity index (χ3n) is 3.20. The van der Waals surface area contributed by atoms with Crippen molar-refractivity contribution in [1.82, 2.24) is 14.9 Å². The molecule has 1 aromatic heterocycles. The minimum atomic E-state index is -0.230. The van der Waals surface area contributed by atoms with Crippen LogP contribution < -0.4 is 5.32 Å². The maximum Gasteiger partial charge on any atom is 0.409 e. The largest absolute Gasteiger partial charge is 0.450 e. The van der Waals surface area contributed by atoms with E-state index >= 15 is 0 Å². The molecule has 1 fully saturated rings. The average Bonchev–Trinajstić information content (AvgIpc) is 2.38. The zero-order valence-corrected chi connectivity index (χ0v) is 12.5. The topological polar surface area (TPSA) is 67.3 Å². The van der Waals surface area contributed by atoms with Crippen LogP contribution in [-0.2, 0) is 4.74 Å². The van der Waals surface area contributed by atoms with Crippen molar-refractivity contribution in [1.29, 1.82) is 0 Å². The van der Waals surface area contributed by atoms with Crippen LogP contribution in [0.15, 0.2) is 6.07 Å². The molecule has 1 saturated heterocycles. The summed E-state index contributed by atoms with van der Waals surface area (Å²) in [5, 5.41) is 3.59. The van der Waals surface area contributed by atoms with E-state index in [0.29, 0.717) is 19.7 Å². The average molecular weight is 299 g/mol. The molecule has 1 amide bonds. The Morgan fingerprint density at radius 1 is 1.50 bits per heavy atom. The number of nitrogens with one attached hydrogen (secondary N) is 1. The molecule has 1 aromatic rings. The van der Waals surface area contributed by atoms with Crippen LogP contribution in [0.4, 0.5) is 10.6 Å². The van der Waals surface area contributed by atoms with Crippen molar-refractivity contribution in [2.75, 3.05) is 25.0 Å². The standard InChI is InChI=1S/C13H19ClN4O2/c1-3-20-13(19)18-6-4-10(5-7-18)16-11-8-9(2)15-12(14)17-11/h8,10H,3-7H2,1-2H3,(H,15,16,17). The summed E-state index contributed by atoms with van der Waals surface area (Å²) in [6.07, 6.45) is 1.49. The van der Waals surface area contributed by atoms with E-state index < -0.39 is 0 Å². The summed E-state index contributed by atoms with van der Waals surface area (Å²) in [7, 11) is 0. The fourth-order valence-electron chi connectivity index (χ4n) is 2.24. The quantitative estimate of drug-likeness (QED) is 0.868. The first-order valence-electron chi connectivity index (χ1n) is 6.78. The highest BCUT2D eigenvalue weighted by Crippen LogP contribution is 2.17. The minimum absolute atomic E-state index is 0.230. The van der Waals surface area contributed by atoms with Crippen LogP contribution in [0, 0.1) is 6.92 Å². The molecular weight excluding hydrogens is 280 g/mol. The van der Waals surface area contributed by atoms with Crippen molar-refractivity contribution in [3.8, 4) is 0 Å². The number of carbonyl (C=O) groups excluding carboxylic acids is 1. The molecule has 6 nitrogen and oxygen atoms in total. The third kappa shape index (κ3) is 3.96. The molecule has 0 aromatic carbocycles. The number of hydrogen-bond acceptors (Lipinski definition) is 5. The van der Waals surface area contributed by atoms with Crippen LogP contribution in [0.25, 0.3) is 0 Å². The lowest BCUT2D eigenvalue weighted by molar-refractivity contribution is 0.0983. The van der Waals surface area contributed by atoms with Gasteiger partial charge in [-0.25, -0.2) is 14.8 Å². The number of halogens is 1. The molecule has 0 unspecified atom stereocenters. The molecule has 7 heteroatoms. The van der Waals surface area contributed by atoms with Crippen LogP contribution >= 0.6 is 11.6 Å². The number of amides is 1. The number of carbonyl (C=O) groups is 1. The summed E-state index contributed by atoms with van der Waals surface area (Å²) >= 11 is 5.84. The van der Waals surface area contributed by atoms with Crippen molar-refractivity contribution in [3.05, 3.63) is 17.0 Å². The van der Waals surface area contributed by atoms with Gasteiger partial charge in [-0.1, -0.05) is 0 Å². The van der Waals surface area contributed by atoms with E-state index in [0.717, 1.165) is 24.4 Å². The first-order valence-corrected chi connectivity index (χ1v) is 7.15. The van der Waals surface area contributed by atoms with Gasteiger partial charge in [0.05, 0.1) is 6.61 Å². The summed E-state index contributed by atoms with van der Waals surface area (Å²) < 4.78 is 4.99. The van der Waals surface area contributed by atoms with Gasteiger partial charge in [0, 0.05) is 30.9 Å². The van der Waals surface area contributed by atoms with Gasteiger partial charge in [0.25, 0.3) is 0 Å². The zero-order chi connectivity index (χ0) is 14.5. The van der Waals surface area contributed by atoms with Gasteiger partial charge in [0.1, 0.15) is 5.82 Å². The number of aromatic nitrogens is 2. The van der Waals surface area contributed by atoms with Crippen LogP contribution in [0.3, 0.4) is 0 Å². The number of piperidine rings is 1. The fourth-order valence-corrected chi connectivity index (χ4v) is 2.46. The highest BCUT2D eigenvalue weighted by atomic mass is 35.5. The maximum atomic E-state index is 11.6. The second-order valence-electron chi connectivity index (χ2n) is 4.77. The SMILES string of the molecule is CCOC(=O)N1CCC(Nc2cc(C)nc(Cl)n2)CC1. The monoisotopic (exact) mass is 298 g/mol. The number of ether oxygens (including phenoxy) is 1. The van der Waals surface area contributed by atoms with Crippen molar-refractivity contribution in [3.63, 3.8) is 0 Å². The van der Waals surface area contributed by atoms with E-state index in [1.165, 1.54) is 0 Å². The van der Waals surface area contributed by atoms with Crippen molar-refractivity contribution in [2.45, 2.75) is 32.7 Å². The first kappa shape index (κ1) is 14.8. The molecule has 0 atom stereocenters. The van der Waals surface area contributed by atoms with Crippen LogP contribution in [0.5, 0.6) is 0 Å². The summed E-state index contributed by atoms with van der Waals surface area (Å²) in [5.41, 5.74) is 0.830. The van der Waals surface area contributed by atoms with Gasteiger partial charge in [-0.05, 0) is 38.3 Å². The highest BCUT2D eigenvalue weighted by Gasteiger charge is 2.23. The summed E-state index contributed by atoms with van der Waals surface area (Å²) in [4.78, 5) is 21.5. The molecule has 1 aliphatic rings. The van der Waals surface area contributed by atoms with Crippen molar-refractivity contribution in [2.24, 2.45) is 0 Å². The van der Waals surface area contributed by atoms with Gasteiger partial charge in [-0.3, -0.25) is 0 Å². The lowest BCUT2D eigenvalue weighted by atomic mass is 10.1. The maximum absolute atomic E-state index is 11.6. The van der Waals surface area contributed by atoms with Crippen molar-refractivity contribution >= 4 is 23.5 Å². The number of hydrogen-bond donors (Lipinski definition) is 1. The second kappa shape index (κ2) is 6.74. The molecule has 0 aliphatic carbocycles. The number of rotatable bonds is 3. The molecule has 0 spiro atoms. The smallest absolute Gasteiger partial charge is 0.409 e. The van der Waals surface area contributed by atoms with Crippen LogP contribution in [0.2, 0.25) is 5.28 Å². The van der Waals surface area contributed by atoms with E-state index in [1.54, 1.807) is 4.90 Å². The van der Waals surface area contributed by atoms with Crippen LogP contribution in [0.1, 0.15) is 25.5 Å². The molecular formula is C13H19ClN4O2. The van der Waals surface area contributed by atoms with Gasteiger partial charge in [-0.2, -0.15) is 0 Å². The first-order chi connectivity index (χ1) is 9.58. The molecule has 20 heavy (non-hydrogen) atoms. The molecule has 110 valence electrons. The van der Waals surface area contributed by atoms with Gasteiger partial charge < -0.3 is 15.0 Å². The van der Waals surface area contributed by atoms with Gasteiger partial charge in [0.2, 0.25) is 5.28 Å². The van der Waals surface area contributed by atoms with E-state index in [2.05, 4.69) is 15.3 Å². The molecule has 0 bridgehead atoms. The Hall–Kier alpha value is -1.56. The Bertz CT molecular complexity index is 455. The molecule has 2 rings (SSSR count). The van der Waals surface area contributed by atoms with Crippen LogP contribution in [-0.4, -0.2) is 46.7 Å². The Morgan fingerprint density at radius 2 is 2.20 bits per heavy atom. The van der Waals surface area contributed by atoms with E-state index in [1.807, 2.05) is 19.9 Å². The lowest BCUT2D eigenvalue weighted by Gasteiger charge is -2.31. The third-order valence-corrected chi connectivity index (χ3v) is 3.37. The molecule has 2 heterocycles. The fraction of sp³-hybridized carbons (Fsp3) is 0.615. The molecule has 0 radical (unpaired) electrons. The van der Waals surface area contributed by atoms with E-state index in [4.69, 9.17) is 16.3 Å². The minimum Gasteiger partial charge on any atom is -0.450 e. The molecule has 1 aliphatic heterocycles. The molecule has 1 N–H and O–H groups in total. The number of likely N-dealkylation sites (tertiary alicyclic amines) is 1. The highest BCUT2D eigenvalue weighted by molar-refractivity contribution is 6.28. The summed E-state index contributed by atoms with van der Waals surface area (Å²) in [6.45, 7) is 5.48. The summed E-state index contributed by atoms with van der Waals surface area (Å²) in [6, 6.07) is 2.15. The van der Waals surface area contributed by atoms with Gasteiger partial charge in [0.15, 0.2) is 0 Å². The predicted molar refractivity (Wildman–Crippen MR) is 77.0 cm³/mol. The van der Waals surface area contributed by atoms with Gasteiger partial charge >= 0.3 is 6.09 Å². The lowest BCUT2D eigenvalue weighted by Crippen LogP contribution is -2.42. The number of aryl methyl sites for hydroxylation is 1. The number of nitrogens with zero attached hydrogens (tertiary/aromatic N) is 3. The van der Waals surface area contributed by atoms with Gasteiger partial charge in [-0.15, -0.1) is 0 Å².